The molecule has 0 bridgehead atoms. The predicted molar refractivity (Wildman–Crippen MR) is 139 cm³/mol. The second-order valence-corrected chi connectivity index (χ2v) is 11.7. The van der Waals surface area contributed by atoms with Crippen LogP contribution in [0.2, 0.25) is 0 Å². The van der Waals surface area contributed by atoms with Gasteiger partial charge in [-0.05, 0) is 42.0 Å². The summed E-state index contributed by atoms with van der Waals surface area (Å²) in [4.78, 5) is 22.6. The van der Waals surface area contributed by atoms with E-state index in [1.54, 1.807) is 44.2 Å². The van der Waals surface area contributed by atoms with Crippen LogP contribution < -0.4 is 10.6 Å². The van der Waals surface area contributed by atoms with Crippen LogP contribution >= 0.6 is 0 Å². The summed E-state index contributed by atoms with van der Waals surface area (Å²) < 4.78 is 42.7. The smallest absolute Gasteiger partial charge is 0.404 e. The third-order valence-electron chi connectivity index (χ3n) is 5.87. The number of sulfonamides is 1. The highest BCUT2D eigenvalue weighted by atomic mass is 32.2. The minimum Gasteiger partial charge on any atom is -0.465 e. The molecule has 0 spiro atoms. The van der Waals surface area contributed by atoms with Gasteiger partial charge in [0.25, 0.3) is 0 Å². The number of aliphatic hydroxyl groups excluding tert-OH is 1. The van der Waals surface area contributed by atoms with Crippen molar-refractivity contribution in [1.29, 1.82) is 5.26 Å². The van der Waals surface area contributed by atoms with Gasteiger partial charge in [-0.25, -0.2) is 17.6 Å². The second-order valence-electron chi connectivity index (χ2n) is 9.76. The average Bonchev–Trinajstić information content (AvgIpc) is 2.83. The predicted octanol–water partition coefficient (Wildman–Crippen LogP) is 3.34. The van der Waals surface area contributed by atoms with Gasteiger partial charge in [-0.15, -0.1) is 0 Å². The van der Waals surface area contributed by atoms with Crippen molar-refractivity contribution >= 4 is 27.7 Å². The first-order valence-corrected chi connectivity index (χ1v) is 13.3. The third kappa shape index (κ3) is 9.09. The number of benzene rings is 2. The molecule has 2 amide bonds. The van der Waals surface area contributed by atoms with E-state index in [0.717, 1.165) is 35.0 Å². The van der Waals surface area contributed by atoms with Gasteiger partial charge in [0.05, 0.1) is 28.8 Å². The Morgan fingerprint density at radius 1 is 1.18 bits per heavy atom. The molecule has 2 rings (SSSR count). The topological polar surface area (TPSA) is 160 Å². The van der Waals surface area contributed by atoms with Crippen molar-refractivity contribution in [2.24, 2.45) is 5.41 Å². The maximum absolute atomic E-state index is 14.2. The Morgan fingerprint density at radius 2 is 1.84 bits per heavy atom. The van der Waals surface area contributed by atoms with Gasteiger partial charge in [-0.3, -0.25) is 4.79 Å². The standard InChI is InChI=1S/C26H33FN4O6S/c1-18(32)29-22-15-20(10-11-21(22)27)38(36,37)31(17-26(2,3)12-7-13-28)16-24(33)23(30-25(34)35)14-19-8-5-4-6-9-19/h4-6,8-11,15,23-24,30,33H,7,12,14,16-17H2,1-3H3,(H,29,32)(H,34,35)/t23-,24+/m0/s1. The quantitative estimate of drug-likeness (QED) is 0.299. The number of halogens is 1. The van der Waals surface area contributed by atoms with Crippen LogP contribution in [0.5, 0.6) is 0 Å². The van der Waals surface area contributed by atoms with Gasteiger partial charge in [-0.1, -0.05) is 44.2 Å². The zero-order chi connectivity index (χ0) is 28.5. The molecule has 0 aliphatic carbocycles. The molecule has 10 nitrogen and oxygen atoms in total. The lowest BCUT2D eigenvalue weighted by Gasteiger charge is -2.34. The van der Waals surface area contributed by atoms with Gasteiger partial charge in [0.1, 0.15) is 5.82 Å². The van der Waals surface area contributed by atoms with Gasteiger partial charge >= 0.3 is 6.09 Å². The number of rotatable bonds is 13. The number of nitrogens with one attached hydrogen (secondary N) is 2. The fourth-order valence-electron chi connectivity index (χ4n) is 3.94. The number of aliphatic hydroxyl groups is 1. The van der Waals surface area contributed by atoms with Crippen molar-refractivity contribution in [3.8, 4) is 6.07 Å². The number of hydrogen-bond donors (Lipinski definition) is 4. The SMILES string of the molecule is CC(=O)Nc1cc(S(=O)(=O)N(C[C@@H](O)[C@H](Cc2ccccc2)NC(=O)O)CC(C)(C)CCC#N)ccc1F. The molecule has 38 heavy (non-hydrogen) atoms. The molecule has 2 aromatic rings. The van der Waals surface area contributed by atoms with Crippen molar-refractivity contribution < 1.29 is 32.6 Å². The Labute approximate surface area is 222 Å². The third-order valence-corrected chi connectivity index (χ3v) is 7.67. The number of carbonyl (C=O) groups is 2. The average molecular weight is 549 g/mol. The van der Waals surface area contributed by atoms with E-state index < -0.39 is 51.9 Å². The van der Waals surface area contributed by atoms with Crippen molar-refractivity contribution in [2.75, 3.05) is 18.4 Å². The largest absolute Gasteiger partial charge is 0.465 e. The molecule has 0 saturated heterocycles. The van der Waals surface area contributed by atoms with Gasteiger partial charge in [0.2, 0.25) is 15.9 Å². The van der Waals surface area contributed by atoms with E-state index in [1.807, 2.05) is 6.07 Å². The van der Waals surface area contributed by atoms with Crippen molar-refractivity contribution in [3.05, 3.63) is 59.9 Å². The molecule has 0 fully saturated rings. The minimum absolute atomic E-state index is 0.100. The fraction of sp³-hybridized carbons (Fsp3) is 0.423. The highest BCUT2D eigenvalue weighted by Crippen LogP contribution is 2.29. The summed E-state index contributed by atoms with van der Waals surface area (Å²) in [6, 6.07) is 12.8. The number of carbonyl (C=O) groups excluding carboxylic acids is 1. The highest BCUT2D eigenvalue weighted by Gasteiger charge is 2.35. The van der Waals surface area contributed by atoms with Gasteiger partial charge in [0, 0.05) is 26.4 Å². The first-order valence-electron chi connectivity index (χ1n) is 11.9. The molecule has 0 radical (unpaired) electrons. The van der Waals surface area contributed by atoms with Crippen molar-refractivity contribution in [1.82, 2.24) is 9.62 Å². The lowest BCUT2D eigenvalue weighted by Crippen LogP contribution is -2.51. The Hall–Kier alpha value is -3.53. The molecule has 0 aliphatic heterocycles. The normalized spacial score (nSPS) is 13.4. The van der Waals surface area contributed by atoms with E-state index in [9.17, 15) is 32.6 Å². The summed E-state index contributed by atoms with van der Waals surface area (Å²) >= 11 is 0. The second kappa shape index (κ2) is 13.3. The molecule has 206 valence electrons. The summed E-state index contributed by atoms with van der Waals surface area (Å²) in [5.74, 6) is -1.42. The van der Waals surface area contributed by atoms with E-state index >= 15 is 0 Å². The summed E-state index contributed by atoms with van der Waals surface area (Å²) in [5.41, 5.74) is -0.289. The van der Waals surface area contributed by atoms with Gasteiger partial charge in [-0.2, -0.15) is 9.57 Å². The van der Waals surface area contributed by atoms with E-state index in [-0.39, 0.29) is 30.0 Å². The van der Waals surface area contributed by atoms with Gasteiger partial charge < -0.3 is 20.8 Å². The van der Waals surface area contributed by atoms with Crippen LogP contribution in [0.3, 0.4) is 0 Å². The number of hydrogen-bond acceptors (Lipinski definition) is 6. The molecule has 0 aliphatic rings. The zero-order valence-electron chi connectivity index (χ0n) is 21.5. The molecule has 2 aromatic carbocycles. The summed E-state index contributed by atoms with van der Waals surface area (Å²) in [7, 11) is -4.37. The molecule has 0 saturated carbocycles. The van der Waals surface area contributed by atoms with E-state index in [2.05, 4.69) is 10.6 Å². The summed E-state index contributed by atoms with van der Waals surface area (Å²) in [6.07, 6.45) is -2.21. The Morgan fingerprint density at radius 3 is 2.42 bits per heavy atom. The fourth-order valence-corrected chi connectivity index (χ4v) is 5.62. The van der Waals surface area contributed by atoms with Crippen molar-refractivity contribution in [3.63, 3.8) is 0 Å². The monoisotopic (exact) mass is 548 g/mol. The number of nitrogens with zero attached hydrogens (tertiary/aromatic N) is 2. The lowest BCUT2D eigenvalue weighted by atomic mass is 9.88. The lowest BCUT2D eigenvalue weighted by molar-refractivity contribution is -0.114. The summed E-state index contributed by atoms with van der Waals surface area (Å²) in [6.45, 7) is 4.09. The first-order chi connectivity index (χ1) is 17.7. The molecule has 2 atom stereocenters. The van der Waals surface area contributed by atoms with E-state index in [0.29, 0.717) is 6.42 Å². The van der Waals surface area contributed by atoms with Crippen LogP contribution in [0.15, 0.2) is 53.4 Å². The first kappa shape index (κ1) is 30.7. The van der Waals surface area contributed by atoms with Crippen LogP contribution in [0.1, 0.15) is 39.2 Å². The molecule has 0 unspecified atom stereocenters. The molecule has 0 aromatic heterocycles. The Bertz CT molecular complexity index is 1260. The van der Waals surface area contributed by atoms with E-state index in [1.165, 1.54) is 0 Å². The molecular weight excluding hydrogens is 515 g/mol. The zero-order valence-corrected chi connectivity index (χ0v) is 22.3. The maximum atomic E-state index is 14.2. The van der Waals surface area contributed by atoms with Crippen LogP contribution in [-0.4, -0.2) is 60.2 Å². The molecular formula is C26H33FN4O6S. The maximum Gasteiger partial charge on any atom is 0.404 e. The Balaban J connectivity index is 2.47. The molecule has 12 heteroatoms. The number of carboxylic acid groups (broad SMARTS) is 1. The number of amides is 2. The highest BCUT2D eigenvalue weighted by molar-refractivity contribution is 7.89. The van der Waals surface area contributed by atoms with Crippen LogP contribution in [0.25, 0.3) is 0 Å². The van der Waals surface area contributed by atoms with Crippen molar-refractivity contribution in [2.45, 2.75) is 57.1 Å². The van der Waals surface area contributed by atoms with Crippen LogP contribution in [-0.2, 0) is 21.2 Å². The van der Waals surface area contributed by atoms with Crippen LogP contribution in [0.4, 0.5) is 14.9 Å². The summed E-state index contributed by atoms with van der Waals surface area (Å²) in [5, 5.41) is 34.0. The van der Waals surface area contributed by atoms with Crippen LogP contribution in [0, 0.1) is 22.6 Å². The minimum atomic E-state index is -4.37. The number of nitriles is 1. The Kier molecular flexibility index (Phi) is 10.8. The number of anilines is 1. The van der Waals surface area contributed by atoms with E-state index in [4.69, 9.17) is 5.26 Å². The molecule has 0 heterocycles. The van der Waals surface area contributed by atoms with Gasteiger partial charge in [0.15, 0.2) is 0 Å². The molecule has 4 N–H and O–H groups in total.